The molecule has 0 unspecified atom stereocenters. The number of carbonyl (C=O) groups excluding carboxylic acids is 1. The van der Waals surface area contributed by atoms with Crippen LogP contribution in [0.15, 0.2) is 40.8 Å². The van der Waals surface area contributed by atoms with Crippen LogP contribution in [0.25, 0.3) is 0 Å². The monoisotopic (exact) mass is 266 g/mol. The molecule has 0 spiro atoms. The van der Waals surface area contributed by atoms with E-state index in [0.29, 0.717) is 16.5 Å². The third-order valence-corrected chi connectivity index (χ3v) is 2.46. The van der Waals surface area contributed by atoms with Crippen molar-refractivity contribution in [2.45, 2.75) is 6.61 Å². The third kappa shape index (κ3) is 3.03. The predicted molar refractivity (Wildman–Crippen MR) is 66.1 cm³/mol. The van der Waals surface area contributed by atoms with Crippen molar-refractivity contribution < 1.29 is 13.9 Å². The summed E-state index contributed by atoms with van der Waals surface area (Å²) in [6.45, 7) is 0.222. The molecule has 0 radical (unpaired) electrons. The molecule has 3 N–H and O–H groups in total. The van der Waals surface area contributed by atoms with Crippen LogP contribution in [0, 0.1) is 0 Å². The maximum atomic E-state index is 11.2. The molecule has 2 rings (SSSR count). The second-order valence-corrected chi connectivity index (χ2v) is 3.92. The molecule has 1 heterocycles. The van der Waals surface area contributed by atoms with Crippen molar-refractivity contribution >= 4 is 17.5 Å². The SMILES string of the molecule is NNC(=O)c1ccc(COc2ccc(Cl)cc2)o1. The molecule has 0 bridgehead atoms. The number of rotatable bonds is 4. The fraction of sp³-hybridized carbons (Fsp3) is 0.0833. The summed E-state index contributed by atoms with van der Waals surface area (Å²) in [7, 11) is 0. The summed E-state index contributed by atoms with van der Waals surface area (Å²) in [6, 6.07) is 10.1. The summed E-state index contributed by atoms with van der Waals surface area (Å²) in [4.78, 5) is 11.2. The summed E-state index contributed by atoms with van der Waals surface area (Å²) in [5.74, 6) is 5.85. The van der Waals surface area contributed by atoms with E-state index < -0.39 is 5.91 Å². The van der Waals surface area contributed by atoms with Crippen molar-refractivity contribution in [3.63, 3.8) is 0 Å². The highest BCUT2D eigenvalue weighted by molar-refractivity contribution is 6.30. The topological polar surface area (TPSA) is 77.5 Å². The van der Waals surface area contributed by atoms with Gasteiger partial charge in [0.25, 0.3) is 0 Å². The largest absolute Gasteiger partial charge is 0.486 e. The number of hydrazine groups is 1. The Labute approximate surface area is 108 Å². The molecule has 1 aromatic carbocycles. The van der Waals surface area contributed by atoms with Gasteiger partial charge in [-0.2, -0.15) is 0 Å². The molecule has 1 aromatic heterocycles. The Morgan fingerprint density at radius 2 is 2.00 bits per heavy atom. The summed E-state index contributed by atoms with van der Waals surface area (Å²) < 4.78 is 10.7. The average molecular weight is 267 g/mol. The first-order valence-electron chi connectivity index (χ1n) is 5.17. The zero-order chi connectivity index (χ0) is 13.0. The van der Waals surface area contributed by atoms with E-state index in [1.54, 1.807) is 30.3 Å². The minimum absolute atomic E-state index is 0.146. The lowest BCUT2D eigenvalue weighted by Gasteiger charge is -2.03. The molecule has 0 atom stereocenters. The zero-order valence-corrected chi connectivity index (χ0v) is 10.1. The molecule has 0 aliphatic rings. The van der Waals surface area contributed by atoms with E-state index in [0.717, 1.165) is 0 Å². The first-order valence-corrected chi connectivity index (χ1v) is 5.55. The van der Waals surface area contributed by atoms with E-state index in [4.69, 9.17) is 26.6 Å². The van der Waals surface area contributed by atoms with E-state index in [1.165, 1.54) is 6.07 Å². The Kier molecular flexibility index (Phi) is 3.86. The molecule has 1 amide bonds. The van der Waals surface area contributed by atoms with Crippen LogP contribution in [0.3, 0.4) is 0 Å². The number of hydrogen-bond acceptors (Lipinski definition) is 4. The number of halogens is 1. The highest BCUT2D eigenvalue weighted by atomic mass is 35.5. The van der Waals surface area contributed by atoms with Gasteiger partial charge in [0, 0.05) is 5.02 Å². The molecule has 2 aromatic rings. The lowest BCUT2D eigenvalue weighted by atomic mass is 10.3. The zero-order valence-electron chi connectivity index (χ0n) is 9.35. The van der Waals surface area contributed by atoms with Gasteiger partial charge < -0.3 is 9.15 Å². The Morgan fingerprint density at radius 3 is 2.67 bits per heavy atom. The predicted octanol–water partition coefficient (Wildman–Crippen LogP) is 2.12. The van der Waals surface area contributed by atoms with E-state index >= 15 is 0 Å². The quantitative estimate of drug-likeness (QED) is 0.505. The molecule has 0 aliphatic heterocycles. The fourth-order valence-corrected chi connectivity index (χ4v) is 1.46. The Bertz CT molecular complexity index is 537. The van der Waals surface area contributed by atoms with Gasteiger partial charge >= 0.3 is 5.91 Å². The van der Waals surface area contributed by atoms with Crippen molar-refractivity contribution in [3.05, 3.63) is 52.9 Å². The Hall–Kier alpha value is -1.98. The molecule has 0 saturated carbocycles. The van der Waals surface area contributed by atoms with E-state index in [2.05, 4.69) is 0 Å². The van der Waals surface area contributed by atoms with Crippen molar-refractivity contribution in [1.82, 2.24) is 5.43 Å². The van der Waals surface area contributed by atoms with Gasteiger partial charge in [0.15, 0.2) is 5.76 Å². The van der Waals surface area contributed by atoms with Crippen LogP contribution in [0.1, 0.15) is 16.3 Å². The Morgan fingerprint density at radius 1 is 1.28 bits per heavy atom. The van der Waals surface area contributed by atoms with Crippen LogP contribution in [0.5, 0.6) is 5.75 Å². The van der Waals surface area contributed by atoms with E-state index in [9.17, 15) is 4.79 Å². The second-order valence-electron chi connectivity index (χ2n) is 3.48. The number of nitrogen functional groups attached to an aromatic ring is 1. The van der Waals surface area contributed by atoms with Gasteiger partial charge in [0.05, 0.1) is 0 Å². The lowest BCUT2D eigenvalue weighted by molar-refractivity contribution is 0.0922. The highest BCUT2D eigenvalue weighted by Gasteiger charge is 2.09. The van der Waals surface area contributed by atoms with Crippen molar-refractivity contribution in [2.75, 3.05) is 0 Å². The van der Waals surface area contributed by atoms with Crippen LogP contribution in [0.2, 0.25) is 5.02 Å². The van der Waals surface area contributed by atoms with E-state index in [1.807, 2.05) is 5.43 Å². The standard InChI is InChI=1S/C12H11ClN2O3/c13-8-1-3-9(4-2-8)17-7-10-5-6-11(18-10)12(16)15-14/h1-6H,7,14H2,(H,15,16). The Balaban J connectivity index is 1.96. The van der Waals surface area contributed by atoms with Gasteiger partial charge in [-0.1, -0.05) is 11.6 Å². The summed E-state index contributed by atoms with van der Waals surface area (Å²) in [5, 5.41) is 0.641. The average Bonchev–Trinajstić information content (AvgIpc) is 2.86. The molecular formula is C12H11ClN2O3. The first kappa shape index (κ1) is 12.5. The second kappa shape index (κ2) is 5.57. The van der Waals surface area contributed by atoms with Gasteiger partial charge in [-0.3, -0.25) is 10.2 Å². The maximum absolute atomic E-state index is 11.2. The molecular weight excluding hydrogens is 256 g/mol. The molecule has 18 heavy (non-hydrogen) atoms. The van der Waals surface area contributed by atoms with Crippen LogP contribution in [0.4, 0.5) is 0 Å². The van der Waals surface area contributed by atoms with Crippen molar-refractivity contribution in [1.29, 1.82) is 0 Å². The number of benzene rings is 1. The first-order chi connectivity index (χ1) is 8.69. The molecule has 6 heteroatoms. The van der Waals surface area contributed by atoms with Gasteiger partial charge in [0.2, 0.25) is 0 Å². The minimum atomic E-state index is -0.479. The number of amides is 1. The number of hydrogen-bond donors (Lipinski definition) is 2. The van der Waals surface area contributed by atoms with Crippen LogP contribution < -0.4 is 16.0 Å². The van der Waals surface area contributed by atoms with Crippen molar-refractivity contribution in [3.8, 4) is 5.75 Å². The highest BCUT2D eigenvalue weighted by Crippen LogP contribution is 2.17. The smallest absolute Gasteiger partial charge is 0.300 e. The lowest BCUT2D eigenvalue weighted by Crippen LogP contribution is -2.29. The summed E-state index contributed by atoms with van der Waals surface area (Å²) in [6.07, 6.45) is 0. The number of nitrogens with two attached hydrogens (primary N) is 1. The van der Waals surface area contributed by atoms with Gasteiger partial charge in [-0.05, 0) is 36.4 Å². The van der Waals surface area contributed by atoms with Crippen LogP contribution in [-0.2, 0) is 6.61 Å². The van der Waals surface area contributed by atoms with Crippen LogP contribution >= 0.6 is 11.6 Å². The number of carbonyl (C=O) groups is 1. The summed E-state index contributed by atoms with van der Waals surface area (Å²) >= 11 is 5.75. The molecule has 0 saturated heterocycles. The van der Waals surface area contributed by atoms with E-state index in [-0.39, 0.29) is 12.4 Å². The molecule has 0 fully saturated rings. The van der Waals surface area contributed by atoms with Gasteiger partial charge in [-0.15, -0.1) is 0 Å². The van der Waals surface area contributed by atoms with Gasteiger partial charge in [-0.25, -0.2) is 5.84 Å². The fourth-order valence-electron chi connectivity index (χ4n) is 1.33. The number of nitrogens with one attached hydrogen (secondary N) is 1. The number of ether oxygens (including phenoxy) is 1. The normalized spacial score (nSPS) is 10.1. The minimum Gasteiger partial charge on any atom is -0.486 e. The third-order valence-electron chi connectivity index (χ3n) is 2.21. The van der Waals surface area contributed by atoms with Crippen LogP contribution in [-0.4, -0.2) is 5.91 Å². The molecule has 0 aliphatic carbocycles. The molecule has 5 nitrogen and oxygen atoms in total. The van der Waals surface area contributed by atoms with Crippen molar-refractivity contribution in [2.24, 2.45) is 5.84 Å². The number of furan rings is 1. The molecule has 94 valence electrons. The maximum Gasteiger partial charge on any atom is 0.300 e. The van der Waals surface area contributed by atoms with Gasteiger partial charge in [0.1, 0.15) is 18.1 Å². The summed E-state index contributed by atoms with van der Waals surface area (Å²) in [5.41, 5.74) is 1.99.